The highest BCUT2D eigenvalue weighted by atomic mass is 17.2. The summed E-state index contributed by atoms with van der Waals surface area (Å²) >= 11 is 0. The van der Waals surface area contributed by atoms with Crippen molar-refractivity contribution in [2.24, 2.45) is 0 Å². The Balaban J connectivity index is 2.26. The van der Waals surface area contributed by atoms with Crippen LogP contribution in [-0.4, -0.2) is 32.8 Å². The van der Waals surface area contributed by atoms with Gasteiger partial charge in [0.15, 0.2) is 6.23 Å². The number of hydrogen-bond donors (Lipinski definition) is 1. The molecular formula is C21H27NO6. The van der Waals surface area contributed by atoms with Gasteiger partial charge in [0.05, 0.1) is 26.9 Å². The van der Waals surface area contributed by atoms with Crippen molar-refractivity contribution in [3.05, 3.63) is 53.6 Å². The van der Waals surface area contributed by atoms with E-state index < -0.39 is 11.8 Å². The van der Waals surface area contributed by atoms with Crippen LogP contribution in [0.25, 0.3) is 0 Å². The van der Waals surface area contributed by atoms with E-state index in [0.717, 1.165) is 0 Å². The number of amides is 1. The Morgan fingerprint density at radius 3 is 1.86 bits per heavy atom. The number of rotatable bonds is 8. The van der Waals surface area contributed by atoms with Crippen LogP contribution in [0.15, 0.2) is 42.5 Å². The van der Waals surface area contributed by atoms with Gasteiger partial charge >= 0.3 is 0 Å². The van der Waals surface area contributed by atoms with Crippen molar-refractivity contribution in [2.75, 3.05) is 21.3 Å². The SMILES string of the molecule is COc1ccc([C@H](NC(=O)c2cc(OC)cc(OC)c2)OOC(C)(C)C)cc1. The van der Waals surface area contributed by atoms with Gasteiger partial charge in [-0.2, -0.15) is 0 Å². The number of ether oxygens (including phenoxy) is 3. The van der Waals surface area contributed by atoms with Gasteiger partial charge in [0, 0.05) is 17.2 Å². The van der Waals surface area contributed by atoms with Gasteiger partial charge < -0.3 is 19.5 Å². The monoisotopic (exact) mass is 389 g/mol. The number of methoxy groups -OCH3 is 3. The summed E-state index contributed by atoms with van der Waals surface area (Å²) in [5, 5.41) is 2.82. The summed E-state index contributed by atoms with van der Waals surface area (Å²) in [5.74, 6) is 1.35. The average molecular weight is 389 g/mol. The molecule has 0 unspecified atom stereocenters. The second-order valence-electron chi connectivity index (χ2n) is 7.02. The van der Waals surface area contributed by atoms with E-state index in [1.165, 1.54) is 14.2 Å². The van der Waals surface area contributed by atoms with Crippen LogP contribution in [0.2, 0.25) is 0 Å². The van der Waals surface area contributed by atoms with Crippen molar-refractivity contribution >= 4 is 5.91 Å². The topological polar surface area (TPSA) is 75.3 Å². The maximum atomic E-state index is 12.8. The van der Waals surface area contributed by atoms with E-state index in [1.54, 1.807) is 49.6 Å². The molecule has 0 bridgehead atoms. The predicted molar refractivity (Wildman–Crippen MR) is 105 cm³/mol. The zero-order valence-electron chi connectivity index (χ0n) is 17.1. The van der Waals surface area contributed by atoms with E-state index in [4.69, 9.17) is 24.0 Å². The van der Waals surface area contributed by atoms with Crippen LogP contribution < -0.4 is 19.5 Å². The van der Waals surface area contributed by atoms with Crippen LogP contribution in [0, 0.1) is 0 Å². The van der Waals surface area contributed by atoms with E-state index in [0.29, 0.717) is 28.4 Å². The Bertz CT molecular complexity index is 760. The molecule has 0 aromatic heterocycles. The van der Waals surface area contributed by atoms with Crippen molar-refractivity contribution < 1.29 is 28.8 Å². The molecule has 7 nitrogen and oxygen atoms in total. The van der Waals surface area contributed by atoms with E-state index in [2.05, 4.69) is 5.32 Å². The number of hydrogen-bond acceptors (Lipinski definition) is 6. The first-order valence-corrected chi connectivity index (χ1v) is 8.78. The molecule has 0 aliphatic heterocycles. The minimum atomic E-state index is -0.824. The predicted octanol–water partition coefficient (Wildman–Crippen LogP) is 3.89. The highest BCUT2D eigenvalue weighted by Gasteiger charge is 2.22. The Morgan fingerprint density at radius 2 is 1.39 bits per heavy atom. The first-order chi connectivity index (χ1) is 13.3. The quantitative estimate of drug-likeness (QED) is 0.419. The fraction of sp³-hybridized carbons (Fsp3) is 0.381. The first-order valence-electron chi connectivity index (χ1n) is 8.78. The second-order valence-corrected chi connectivity index (χ2v) is 7.02. The van der Waals surface area contributed by atoms with Crippen LogP contribution in [-0.2, 0) is 9.78 Å². The third kappa shape index (κ3) is 6.14. The summed E-state index contributed by atoms with van der Waals surface area (Å²) in [6, 6.07) is 12.1. The minimum absolute atomic E-state index is 0.365. The smallest absolute Gasteiger partial charge is 0.253 e. The lowest BCUT2D eigenvalue weighted by Gasteiger charge is -2.24. The molecule has 1 amide bonds. The molecule has 1 N–H and O–H groups in total. The van der Waals surface area contributed by atoms with Crippen molar-refractivity contribution in [3.63, 3.8) is 0 Å². The van der Waals surface area contributed by atoms with Crippen LogP contribution in [0.1, 0.15) is 42.9 Å². The number of carbonyl (C=O) groups excluding carboxylic acids is 1. The Morgan fingerprint density at radius 1 is 0.857 bits per heavy atom. The summed E-state index contributed by atoms with van der Waals surface area (Å²) in [7, 11) is 4.64. The second kappa shape index (κ2) is 9.43. The highest BCUT2D eigenvalue weighted by Crippen LogP contribution is 2.25. The number of nitrogens with one attached hydrogen (secondary N) is 1. The molecule has 0 saturated heterocycles. The molecule has 2 rings (SSSR count). The third-order valence-corrected chi connectivity index (χ3v) is 3.69. The van der Waals surface area contributed by atoms with Crippen molar-refractivity contribution in [2.45, 2.75) is 32.6 Å². The van der Waals surface area contributed by atoms with Gasteiger partial charge in [-0.15, -0.1) is 0 Å². The number of carbonyl (C=O) groups is 1. The normalized spacial score (nSPS) is 12.2. The van der Waals surface area contributed by atoms with Crippen LogP contribution in [0.3, 0.4) is 0 Å². The van der Waals surface area contributed by atoms with Gasteiger partial charge in [0.25, 0.3) is 5.91 Å². The molecule has 0 saturated carbocycles. The first kappa shape index (κ1) is 21.5. The maximum Gasteiger partial charge on any atom is 0.253 e. The van der Waals surface area contributed by atoms with Gasteiger partial charge in [-0.25, -0.2) is 9.78 Å². The lowest BCUT2D eigenvalue weighted by Crippen LogP contribution is -2.33. The molecule has 0 aliphatic carbocycles. The lowest BCUT2D eigenvalue weighted by atomic mass is 10.1. The molecular weight excluding hydrogens is 362 g/mol. The molecule has 0 spiro atoms. The molecule has 7 heteroatoms. The van der Waals surface area contributed by atoms with Crippen LogP contribution in [0.4, 0.5) is 0 Å². The minimum Gasteiger partial charge on any atom is -0.497 e. The lowest BCUT2D eigenvalue weighted by molar-refractivity contribution is -0.379. The number of benzene rings is 2. The summed E-state index contributed by atoms with van der Waals surface area (Å²) in [5.41, 5.74) is 0.525. The summed E-state index contributed by atoms with van der Waals surface area (Å²) < 4.78 is 15.6. The maximum absolute atomic E-state index is 12.8. The summed E-state index contributed by atoms with van der Waals surface area (Å²) in [6.45, 7) is 5.56. The average Bonchev–Trinajstić information content (AvgIpc) is 2.69. The van der Waals surface area contributed by atoms with E-state index in [9.17, 15) is 4.79 Å². The van der Waals surface area contributed by atoms with E-state index in [1.807, 2.05) is 20.8 Å². The molecule has 152 valence electrons. The zero-order chi connectivity index (χ0) is 20.7. The highest BCUT2D eigenvalue weighted by molar-refractivity contribution is 5.95. The zero-order valence-corrected chi connectivity index (χ0v) is 17.1. The van der Waals surface area contributed by atoms with Gasteiger partial charge in [0.1, 0.15) is 17.2 Å². The van der Waals surface area contributed by atoms with Gasteiger partial charge in [-0.05, 0) is 45.0 Å². The fourth-order valence-corrected chi connectivity index (χ4v) is 2.28. The van der Waals surface area contributed by atoms with Crippen molar-refractivity contribution in [1.82, 2.24) is 5.32 Å². The molecule has 0 aliphatic rings. The Labute approximate surface area is 165 Å². The molecule has 2 aromatic carbocycles. The molecule has 0 fully saturated rings. The molecule has 0 radical (unpaired) electrons. The Hall–Kier alpha value is -2.77. The van der Waals surface area contributed by atoms with Crippen molar-refractivity contribution in [3.8, 4) is 17.2 Å². The molecule has 0 heterocycles. The van der Waals surface area contributed by atoms with E-state index >= 15 is 0 Å². The van der Waals surface area contributed by atoms with Gasteiger partial charge in [0.2, 0.25) is 0 Å². The van der Waals surface area contributed by atoms with Crippen LogP contribution in [0.5, 0.6) is 17.2 Å². The van der Waals surface area contributed by atoms with Crippen molar-refractivity contribution in [1.29, 1.82) is 0 Å². The largest absolute Gasteiger partial charge is 0.497 e. The summed E-state index contributed by atoms with van der Waals surface area (Å²) in [4.78, 5) is 23.8. The van der Waals surface area contributed by atoms with Gasteiger partial charge in [-0.3, -0.25) is 4.79 Å². The van der Waals surface area contributed by atoms with E-state index in [-0.39, 0.29) is 5.91 Å². The molecule has 28 heavy (non-hydrogen) atoms. The third-order valence-electron chi connectivity index (χ3n) is 3.69. The summed E-state index contributed by atoms with van der Waals surface area (Å²) in [6.07, 6.45) is -0.824. The Kier molecular flexibility index (Phi) is 7.25. The molecule has 2 aromatic rings. The standard InChI is InChI=1S/C21H27NO6/c1-21(2,3)28-27-20(14-7-9-16(24-4)10-8-14)22-19(23)15-11-17(25-5)13-18(12-15)26-6/h7-13,20H,1-6H3,(H,22,23)/t20-/m1/s1. The van der Waals surface area contributed by atoms with Gasteiger partial charge in [-0.1, -0.05) is 12.1 Å². The van der Waals surface area contributed by atoms with Crippen LogP contribution >= 0.6 is 0 Å². The fourth-order valence-electron chi connectivity index (χ4n) is 2.28. The molecule has 1 atom stereocenters.